The minimum atomic E-state index is -2.30. The molecule has 4 heteroatoms. The number of halogens is 2. The number of hydrogen-bond acceptors (Lipinski definition) is 2. The van der Waals surface area contributed by atoms with Crippen LogP contribution < -0.4 is 0 Å². The second-order valence-electron chi connectivity index (χ2n) is 10.1. The van der Waals surface area contributed by atoms with E-state index >= 15 is 0 Å². The van der Waals surface area contributed by atoms with Crippen LogP contribution in [0.2, 0.25) is 0 Å². The number of piperidine rings is 1. The maximum atomic E-state index is 12.9. The van der Waals surface area contributed by atoms with Crippen LogP contribution in [0.15, 0.2) is 0 Å². The van der Waals surface area contributed by atoms with Crippen LogP contribution in [0.3, 0.4) is 0 Å². The molecule has 1 atom stereocenters. The smallest absolute Gasteiger partial charge is 0.294 e. The molecule has 0 radical (unpaired) electrons. The van der Waals surface area contributed by atoms with Gasteiger partial charge in [0.1, 0.15) is 0 Å². The van der Waals surface area contributed by atoms with Crippen molar-refractivity contribution in [1.82, 2.24) is 9.80 Å². The Kier molecular flexibility index (Phi) is 7.58. The molecule has 0 N–H and O–H groups in total. The number of alkyl halides is 2. The Balaban J connectivity index is 1.38. The van der Waals surface area contributed by atoms with E-state index in [9.17, 15) is 8.78 Å². The SMILES string of the molecule is CCC(C)C1CCC(CN2CCC3(CCC(N(C)C(F)F)CC3)CC2)CC1. The second kappa shape index (κ2) is 9.52. The van der Waals surface area contributed by atoms with E-state index in [2.05, 4.69) is 18.7 Å². The average molecular weight is 385 g/mol. The van der Waals surface area contributed by atoms with Crippen LogP contribution in [-0.4, -0.2) is 49.1 Å². The van der Waals surface area contributed by atoms with Crippen LogP contribution in [-0.2, 0) is 0 Å². The maximum absolute atomic E-state index is 12.9. The molecule has 27 heavy (non-hydrogen) atoms. The van der Waals surface area contributed by atoms with Gasteiger partial charge in [0.15, 0.2) is 0 Å². The summed E-state index contributed by atoms with van der Waals surface area (Å²) < 4.78 is 25.9. The fourth-order valence-corrected chi connectivity index (χ4v) is 6.13. The second-order valence-corrected chi connectivity index (χ2v) is 10.1. The van der Waals surface area contributed by atoms with E-state index in [4.69, 9.17) is 0 Å². The van der Waals surface area contributed by atoms with Crippen molar-refractivity contribution < 1.29 is 8.78 Å². The first-order valence-corrected chi connectivity index (χ1v) is 11.6. The highest BCUT2D eigenvalue weighted by Crippen LogP contribution is 2.46. The monoisotopic (exact) mass is 384 g/mol. The van der Waals surface area contributed by atoms with Gasteiger partial charge >= 0.3 is 0 Å². The van der Waals surface area contributed by atoms with Gasteiger partial charge in [0.2, 0.25) is 0 Å². The normalized spacial score (nSPS) is 31.7. The van der Waals surface area contributed by atoms with E-state index < -0.39 is 6.55 Å². The molecule has 3 aliphatic rings. The van der Waals surface area contributed by atoms with E-state index in [0.717, 1.165) is 43.4 Å². The molecule has 3 rings (SSSR count). The van der Waals surface area contributed by atoms with E-state index in [-0.39, 0.29) is 6.04 Å². The summed E-state index contributed by atoms with van der Waals surface area (Å²) in [7, 11) is 1.59. The van der Waals surface area contributed by atoms with Crippen molar-refractivity contribution in [3.63, 3.8) is 0 Å². The Morgan fingerprint density at radius 2 is 1.56 bits per heavy atom. The Hall–Kier alpha value is -0.220. The minimum absolute atomic E-state index is 0.0920. The lowest BCUT2D eigenvalue weighted by Crippen LogP contribution is -2.47. The fourth-order valence-electron chi connectivity index (χ4n) is 6.13. The van der Waals surface area contributed by atoms with Crippen molar-refractivity contribution >= 4 is 0 Å². The van der Waals surface area contributed by atoms with Gasteiger partial charge in [-0.25, -0.2) is 4.90 Å². The highest BCUT2D eigenvalue weighted by atomic mass is 19.3. The van der Waals surface area contributed by atoms with Crippen molar-refractivity contribution in [3.8, 4) is 0 Å². The summed E-state index contributed by atoms with van der Waals surface area (Å²) >= 11 is 0. The summed E-state index contributed by atoms with van der Waals surface area (Å²) in [6.07, 6.45) is 13.9. The van der Waals surface area contributed by atoms with Gasteiger partial charge in [-0.15, -0.1) is 0 Å². The summed E-state index contributed by atoms with van der Waals surface area (Å²) in [6, 6.07) is 0.0920. The molecule has 1 saturated heterocycles. The highest BCUT2D eigenvalue weighted by Gasteiger charge is 2.40. The summed E-state index contributed by atoms with van der Waals surface area (Å²) in [4.78, 5) is 4.01. The van der Waals surface area contributed by atoms with Gasteiger partial charge in [0.25, 0.3) is 6.55 Å². The molecule has 2 nitrogen and oxygen atoms in total. The molecule has 2 saturated carbocycles. The summed E-state index contributed by atoms with van der Waals surface area (Å²) in [5, 5.41) is 0. The van der Waals surface area contributed by atoms with Gasteiger partial charge in [0.05, 0.1) is 0 Å². The lowest BCUT2D eigenvalue weighted by molar-refractivity contribution is -0.0598. The zero-order valence-corrected chi connectivity index (χ0v) is 17.9. The molecule has 2 aliphatic carbocycles. The van der Waals surface area contributed by atoms with Crippen molar-refractivity contribution in [3.05, 3.63) is 0 Å². The van der Waals surface area contributed by atoms with Crippen molar-refractivity contribution in [2.75, 3.05) is 26.7 Å². The Bertz CT molecular complexity index is 430. The molecule has 1 aliphatic heterocycles. The van der Waals surface area contributed by atoms with E-state index in [1.165, 1.54) is 69.5 Å². The summed E-state index contributed by atoms with van der Waals surface area (Å²) in [5.41, 5.74) is 0.462. The molecule has 0 amide bonds. The molecule has 0 aromatic rings. The van der Waals surface area contributed by atoms with Crippen molar-refractivity contribution in [1.29, 1.82) is 0 Å². The standard InChI is InChI=1S/C23H42F2N2/c1-4-18(2)20-7-5-19(6-8-20)17-27-15-13-23(14-16-27)11-9-21(10-12-23)26(3)22(24)25/h18-22H,4-17H2,1-3H3. The van der Waals surface area contributed by atoms with Crippen LogP contribution in [0.4, 0.5) is 8.78 Å². The summed E-state index contributed by atoms with van der Waals surface area (Å²) in [6.45, 7) is 6.24. The Morgan fingerprint density at radius 1 is 0.963 bits per heavy atom. The number of likely N-dealkylation sites (tertiary alicyclic amines) is 1. The Labute approximate surface area is 166 Å². The maximum Gasteiger partial charge on any atom is 0.294 e. The van der Waals surface area contributed by atoms with Crippen LogP contribution in [0, 0.1) is 23.2 Å². The van der Waals surface area contributed by atoms with E-state index in [1.807, 2.05) is 0 Å². The van der Waals surface area contributed by atoms with Crippen molar-refractivity contribution in [2.24, 2.45) is 23.2 Å². The highest BCUT2D eigenvalue weighted by molar-refractivity contribution is 4.92. The van der Waals surface area contributed by atoms with Crippen molar-refractivity contribution in [2.45, 2.75) is 97.1 Å². The molecule has 0 bridgehead atoms. The molecule has 3 fully saturated rings. The van der Waals surface area contributed by atoms with Crippen LogP contribution in [0.5, 0.6) is 0 Å². The largest absolute Gasteiger partial charge is 0.303 e. The summed E-state index contributed by atoms with van der Waals surface area (Å²) in [5.74, 6) is 2.78. The average Bonchev–Trinajstić information content (AvgIpc) is 2.70. The van der Waals surface area contributed by atoms with Gasteiger partial charge in [-0.3, -0.25) is 0 Å². The van der Waals surface area contributed by atoms with Crippen LogP contribution in [0.25, 0.3) is 0 Å². The van der Waals surface area contributed by atoms with Gasteiger partial charge < -0.3 is 4.90 Å². The van der Waals surface area contributed by atoms with E-state index in [0.29, 0.717) is 5.41 Å². The van der Waals surface area contributed by atoms with Gasteiger partial charge in [-0.05, 0) is 108 Å². The number of hydrogen-bond donors (Lipinski definition) is 0. The van der Waals surface area contributed by atoms with Gasteiger partial charge in [0, 0.05) is 12.6 Å². The first-order valence-electron chi connectivity index (χ1n) is 11.6. The quantitative estimate of drug-likeness (QED) is 0.517. The molecule has 158 valence electrons. The number of rotatable bonds is 6. The first-order chi connectivity index (χ1) is 12.9. The predicted molar refractivity (Wildman–Crippen MR) is 109 cm³/mol. The van der Waals surface area contributed by atoms with E-state index in [1.54, 1.807) is 7.05 Å². The molecular weight excluding hydrogens is 342 g/mol. The van der Waals surface area contributed by atoms with Gasteiger partial charge in [-0.1, -0.05) is 20.3 Å². The fraction of sp³-hybridized carbons (Fsp3) is 1.00. The van der Waals surface area contributed by atoms with Crippen LogP contribution in [0.1, 0.15) is 84.5 Å². The molecule has 1 unspecified atom stereocenters. The molecule has 0 aromatic carbocycles. The van der Waals surface area contributed by atoms with Crippen LogP contribution >= 0.6 is 0 Å². The number of nitrogens with zero attached hydrogens (tertiary/aromatic N) is 2. The molecular formula is C23H42F2N2. The molecule has 1 spiro atoms. The van der Waals surface area contributed by atoms with Gasteiger partial charge in [-0.2, -0.15) is 8.78 Å². The topological polar surface area (TPSA) is 6.48 Å². The minimum Gasteiger partial charge on any atom is -0.303 e. The lowest BCUT2D eigenvalue weighted by Gasteiger charge is -2.48. The third kappa shape index (κ3) is 5.44. The third-order valence-electron chi connectivity index (χ3n) is 8.67. The Morgan fingerprint density at radius 3 is 2.07 bits per heavy atom. The first kappa shape index (κ1) is 21.5. The molecule has 1 heterocycles. The zero-order valence-electron chi connectivity index (χ0n) is 17.9. The lowest BCUT2D eigenvalue weighted by atomic mass is 9.66. The third-order valence-corrected chi connectivity index (χ3v) is 8.67. The zero-order chi connectivity index (χ0) is 19.4. The predicted octanol–water partition coefficient (Wildman–Crippen LogP) is 6.02. The molecule has 0 aromatic heterocycles.